The first-order chi connectivity index (χ1) is 17.6. The maximum Gasteiger partial charge on any atom is 0.419 e. The lowest BCUT2D eigenvalue weighted by molar-refractivity contribution is -0.140. The molecule has 1 fully saturated rings. The van der Waals surface area contributed by atoms with Gasteiger partial charge in [-0.25, -0.2) is 25.6 Å². The quantitative estimate of drug-likeness (QED) is 0.228. The maximum absolute atomic E-state index is 13.7. The summed E-state index contributed by atoms with van der Waals surface area (Å²) >= 11 is 0. The topological polar surface area (TPSA) is 68.3 Å². The van der Waals surface area contributed by atoms with Crippen molar-refractivity contribution in [1.82, 2.24) is 0 Å². The first-order valence-electron chi connectivity index (χ1n) is 11.8. The minimum Gasteiger partial charge on any atom is -0.228 e. The molecular formula is C25H26F8O4S2. The Labute approximate surface area is 221 Å². The summed E-state index contributed by atoms with van der Waals surface area (Å²) in [4.78, 5) is -0.652. The SMILES string of the molecule is CC(C)(C1CC(CCCS(=O)(=O)c2ccc(F)c(C(F)(F)F)c2)C1)S(=O)(=O)Cc1cc(F)cc(C(F)(F)F)c1. The molecule has 0 aliphatic heterocycles. The summed E-state index contributed by atoms with van der Waals surface area (Å²) < 4.78 is 155. The molecule has 0 aromatic heterocycles. The van der Waals surface area contributed by atoms with E-state index in [1.807, 2.05) is 0 Å². The standard InChI is InChI=1S/C25H26F8O4S2/c1-23(2,39(36,37)14-16-10-18(24(28,29)30)12-19(26)11-16)17-8-15(9-17)4-3-7-38(34,35)20-5-6-22(27)21(13-20)25(31,32)33/h5-6,10-13,15,17H,3-4,7-9,14H2,1-2H3. The fourth-order valence-electron chi connectivity index (χ4n) is 4.69. The van der Waals surface area contributed by atoms with Gasteiger partial charge in [0.15, 0.2) is 19.7 Å². The number of hydrogen-bond acceptors (Lipinski definition) is 4. The molecule has 0 spiro atoms. The monoisotopic (exact) mass is 606 g/mol. The molecule has 3 rings (SSSR count). The van der Waals surface area contributed by atoms with E-state index in [0.717, 1.165) is 12.1 Å². The zero-order valence-corrected chi connectivity index (χ0v) is 22.5. The van der Waals surface area contributed by atoms with E-state index in [2.05, 4.69) is 0 Å². The van der Waals surface area contributed by atoms with Crippen molar-refractivity contribution in [2.24, 2.45) is 11.8 Å². The van der Waals surface area contributed by atoms with Crippen molar-refractivity contribution < 1.29 is 52.0 Å². The molecule has 1 saturated carbocycles. The van der Waals surface area contributed by atoms with Crippen LogP contribution in [0.4, 0.5) is 35.1 Å². The minimum atomic E-state index is -5.06. The van der Waals surface area contributed by atoms with Crippen molar-refractivity contribution >= 4 is 19.7 Å². The van der Waals surface area contributed by atoms with Crippen molar-refractivity contribution in [3.8, 4) is 0 Å². The minimum absolute atomic E-state index is 0.0652. The summed E-state index contributed by atoms with van der Waals surface area (Å²) in [6.45, 7) is 2.87. The summed E-state index contributed by atoms with van der Waals surface area (Å²) in [6, 6.07) is 3.09. The second-order valence-electron chi connectivity index (χ2n) is 10.3. The van der Waals surface area contributed by atoms with E-state index in [4.69, 9.17) is 0 Å². The Hall–Kier alpha value is -2.22. The molecule has 218 valence electrons. The Morgan fingerprint density at radius 1 is 0.846 bits per heavy atom. The maximum atomic E-state index is 13.7. The van der Waals surface area contributed by atoms with Crippen LogP contribution in [-0.4, -0.2) is 27.3 Å². The van der Waals surface area contributed by atoms with Crippen LogP contribution >= 0.6 is 0 Å². The van der Waals surface area contributed by atoms with Gasteiger partial charge in [-0.1, -0.05) is 0 Å². The third-order valence-electron chi connectivity index (χ3n) is 7.29. The molecule has 0 unspecified atom stereocenters. The molecule has 0 amide bonds. The van der Waals surface area contributed by atoms with Crippen LogP contribution in [0.3, 0.4) is 0 Å². The average molecular weight is 607 g/mol. The van der Waals surface area contributed by atoms with Gasteiger partial charge in [-0.2, -0.15) is 26.3 Å². The fraction of sp³-hybridized carbons (Fsp3) is 0.520. The van der Waals surface area contributed by atoms with Gasteiger partial charge in [0.25, 0.3) is 0 Å². The first kappa shape index (κ1) is 31.3. The second-order valence-corrected chi connectivity index (χ2v) is 15.0. The smallest absolute Gasteiger partial charge is 0.228 e. The van der Waals surface area contributed by atoms with Gasteiger partial charge >= 0.3 is 12.4 Å². The molecule has 1 aliphatic rings. The second kappa shape index (κ2) is 10.6. The Balaban J connectivity index is 1.59. The van der Waals surface area contributed by atoms with Gasteiger partial charge in [0.1, 0.15) is 11.6 Å². The lowest BCUT2D eigenvalue weighted by atomic mass is 9.67. The number of alkyl halides is 6. The largest absolute Gasteiger partial charge is 0.419 e. The van der Waals surface area contributed by atoms with E-state index in [-0.39, 0.29) is 36.0 Å². The van der Waals surface area contributed by atoms with Crippen molar-refractivity contribution in [2.75, 3.05) is 5.75 Å². The van der Waals surface area contributed by atoms with Crippen LogP contribution in [0.5, 0.6) is 0 Å². The summed E-state index contributed by atoms with van der Waals surface area (Å²) in [6.07, 6.45) is -8.70. The molecule has 2 aromatic carbocycles. The summed E-state index contributed by atoms with van der Waals surface area (Å²) in [5.41, 5.74) is -3.30. The van der Waals surface area contributed by atoms with E-state index in [1.54, 1.807) is 0 Å². The molecule has 4 nitrogen and oxygen atoms in total. The normalized spacial score (nSPS) is 19.1. The number of hydrogen-bond donors (Lipinski definition) is 0. The Kier molecular flexibility index (Phi) is 8.54. The molecule has 39 heavy (non-hydrogen) atoms. The lowest BCUT2D eigenvalue weighted by Gasteiger charge is -2.45. The van der Waals surface area contributed by atoms with Gasteiger partial charge in [0.2, 0.25) is 0 Å². The Bertz CT molecular complexity index is 1420. The number of halogens is 8. The number of benzene rings is 2. The fourth-order valence-corrected chi connectivity index (χ4v) is 7.72. The lowest BCUT2D eigenvalue weighted by Crippen LogP contribution is -2.47. The van der Waals surface area contributed by atoms with Crippen LogP contribution in [0.1, 0.15) is 56.2 Å². The van der Waals surface area contributed by atoms with Gasteiger partial charge in [0, 0.05) is 0 Å². The number of rotatable bonds is 9. The van der Waals surface area contributed by atoms with Crippen LogP contribution in [0, 0.1) is 23.5 Å². The molecule has 2 aromatic rings. The molecule has 0 N–H and O–H groups in total. The molecule has 1 aliphatic carbocycles. The first-order valence-corrected chi connectivity index (χ1v) is 15.1. The average Bonchev–Trinajstić information content (AvgIpc) is 2.72. The molecule has 0 heterocycles. The molecule has 0 radical (unpaired) electrons. The van der Waals surface area contributed by atoms with Crippen LogP contribution in [0.15, 0.2) is 41.3 Å². The zero-order chi connectivity index (χ0) is 29.6. The third kappa shape index (κ3) is 7.11. The zero-order valence-electron chi connectivity index (χ0n) is 20.8. The van der Waals surface area contributed by atoms with Crippen molar-refractivity contribution in [3.05, 3.63) is 64.7 Å². The van der Waals surface area contributed by atoms with Gasteiger partial charge in [-0.3, -0.25) is 0 Å². The number of sulfone groups is 2. The van der Waals surface area contributed by atoms with Gasteiger partial charge in [0.05, 0.1) is 32.3 Å². The highest BCUT2D eigenvalue weighted by Crippen LogP contribution is 2.47. The molecule has 0 saturated heterocycles. The molecule has 14 heteroatoms. The van der Waals surface area contributed by atoms with Crippen molar-refractivity contribution in [1.29, 1.82) is 0 Å². The van der Waals surface area contributed by atoms with Gasteiger partial charge < -0.3 is 0 Å². The Morgan fingerprint density at radius 2 is 1.46 bits per heavy atom. The highest BCUT2D eigenvalue weighted by Gasteiger charge is 2.47. The molecule has 0 atom stereocenters. The predicted molar refractivity (Wildman–Crippen MR) is 127 cm³/mol. The van der Waals surface area contributed by atoms with Crippen molar-refractivity contribution in [3.63, 3.8) is 0 Å². The summed E-state index contributed by atoms with van der Waals surface area (Å²) in [7, 11) is -8.16. The highest BCUT2D eigenvalue weighted by atomic mass is 32.2. The van der Waals surface area contributed by atoms with Crippen LogP contribution in [0.2, 0.25) is 0 Å². The van der Waals surface area contributed by atoms with E-state index in [0.29, 0.717) is 31.4 Å². The predicted octanol–water partition coefficient (Wildman–Crippen LogP) is 6.98. The summed E-state index contributed by atoms with van der Waals surface area (Å²) in [5.74, 6) is -4.52. The van der Waals surface area contributed by atoms with Gasteiger partial charge in [-0.15, -0.1) is 0 Å². The van der Waals surface area contributed by atoms with Gasteiger partial charge in [-0.05, 0) is 93.3 Å². The van der Waals surface area contributed by atoms with E-state index in [1.165, 1.54) is 13.8 Å². The summed E-state index contributed by atoms with van der Waals surface area (Å²) in [5, 5.41) is 0. The van der Waals surface area contributed by atoms with Crippen LogP contribution in [0.25, 0.3) is 0 Å². The highest BCUT2D eigenvalue weighted by molar-refractivity contribution is 7.92. The van der Waals surface area contributed by atoms with Crippen LogP contribution in [-0.2, 0) is 37.8 Å². The van der Waals surface area contributed by atoms with Crippen molar-refractivity contribution in [2.45, 2.75) is 67.3 Å². The van der Waals surface area contributed by atoms with E-state index >= 15 is 0 Å². The third-order valence-corrected chi connectivity index (χ3v) is 11.7. The van der Waals surface area contributed by atoms with Crippen LogP contribution < -0.4 is 0 Å². The van der Waals surface area contributed by atoms with E-state index in [9.17, 15) is 52.0 Å². The Morgan fingerprint density at radius 3 is 2.03 bits per heavy atom. The molecule has 0 bridgehead atoms. The van der Waals surface area contributed by atoms with E-state index < -0.39 is 75.9 Å². The molecular weight excluding hydrogens is 580 g/mol.